The molecule has 0 aromatic carbocycles. The number of nitrogens with one attached hydrogen (secondary N) is 1. The van der Waals surface area contributed by atoms with Crippen molar-refractivity contribution >= 4 is 0 Å². The van der Waals surface area contributed by atoms with Crippen molar-refractivity contribution in [3.8, 4) is 0 Å². The van der Waals surface area contributed by atoms with E-state index in [9.17, 15) is 0 Å². The molecule has 15 heavy (non-hydrogen) atoms. The molecular weight excluding hydrogens is 188 g/mol. The molecule has 3 nitrogen and oxygen atoms in total. The molecule has 1 N–H and O–H groups in total. The molecule has 2 rings (SSSR count). The van der Waals surface area contributed by atoms with Gasteiger partial charge in [-0.1, -0.05) is 6.92 Å². The summed E-state index contributed by atoms with van der Waals surface area (Å²) in [6.45, 7) is 7.06. The van der Waals surface area contributed by atoms with Crippen LogP contribution >= 0.6 is 0 Å². The highest BCUT2D eigenvalue weighted by atomic mass is 16.5. The third-order valence-corrected chi connectivity index (χ3v) is 3.80. The number of hydrogen-bond donors (Lipinski definition) is 1. The monoisotopic (exact) mass is 212 g/mol. The van der Waals surface area contributed by atoms with Gasteiger partial charge in [0.2, 0.25) is 0 Å². The molecule has 3 heteroatoms. The first kappa shape index (κ1) is 11.4. The lowest BCUT2D eigenvalue weighted by Crippen LogP contribution is -2.43. The van der Waals surface area contributed by atoms with Crippen LogP contribution in [0.2, 0.25) is 0 Å². The number of rotatable bonds is 2. The molecular formula is C12H24N2O. The molecule has 0 spiro atoms. The summed E-state index contributed by atoms with van der Waals surface area (Å²) in [7, 11) is 1.86. The Morgan fingerprint density at radius 1 is 1.33 bits per heavy atom. The standard InChI is InChI=1S/C12H24N2O/c1-10-8-13-6-7-14(9-10)11-4-3-5-12(11)15-2/h10-13H,3-9H2,1-2H3. The van der Waals surface area contributed by atoms with Crippen LogP contribution in [0.5, 0.6) is 0 Å². The van der Waals surface area contributed by atoms with E-state index in [0.717, 1.165) is 12.5 Å². The van der Waals surface area contributed by atoms with Crippen LogP contribution in [-0.2, 0) is 4.74 Å². The second-order valence-corrected chi connectivity index (χ2v) is 5.08. The van der Waals surface area contributed by atoms with E-state index in [-0.39, 0.29) is 0 Å². The molecule has 0 amide bonds. The van der Waals surface area contributed by atoms with Gasteiger partial charge < -0.3 is 10.1 Å². The fraction of sp³-hybridized carbons (Fsp3) is 1.00. The molecule has 1 saturated carbocycles. The van der Waals surface area contributed by atoms with E-state index in [1.165, 1.54) is 38.9 Å². The lowest BCUT2D eigenvalue weighted by atomic mass is 10.1. The maximum Gasteiger partial charge on any atom is 0.0726 e. The number of ether oxygens (including phenoxy) is 1. The maximum atomic E-state index is 5.59. The van der Waals surface area contributed by atoms with Gasteiger partial charge in [-0.25, -0.2) is 0 Å². The lowest BCUT2D eigenvalue weighted by Gasteiger charge is -2.32. The summed E-state index contributed by atoms with van der Waals surface area (Å²) >= 11 is 0. The van der Waals surface area contributed by atoms with E-state index in [0.29, 0.717) is 12.1 Å². The smallest absolute Gasteiger partial charge is 0.0726 e. The van der Waals surface area contributed by atoms with Gasteiger partial charge in [-0.05, 0) is 31.7 Å². The van der Waals surface area contributed by atoms with Gasteiger partial charge in [-0.15, -0.1) is 0 Å². The SMILES string of the molecule is COC1CCCC1N1CCNCC(C)C1. The molecule has 1 aliphatic carbocycles. The average Bonchev–Trinajstić information content (AvgIpc) is 2.61. The zero-order chi connectivity index (χ0) is 10.7. The molecule has 1 saturated heterocycles. The van der Waals surface area contributed by atoms with Crippen LogP contribution in [0.1, 0.15) is 26.2 Å². The number of methoxy groups -OCH3 is 1. The molecule has 0 aromatic heterocycles. The zero-order valence-corrected chi connectivity index (χ0v) is 10.0. The van der Waals surface area contributed by atoms with Gasteiger partial charge in [0.15, 0.2) is 0 Å². The van der Waals surface area contributed by atoms with Crippen LogP contribution in [0, 0.1) is 5.92 Å². The van der Waals surface area contributed by atoms with Crippen molar-refractivity contribution in [2.75, 3.05) is 33.3 Å². The highest BCUT2D eigenvalue weighted by Gasteiger charge is 2.33. The summed E-state index contributed by atoms with van der Waals surface area (Å²) < 4.78 is 5.59. The van der Waals surface area contributed by atoms with E-state index in [1.54, 1.807) is 0 Å². The first-order valence-corrected chi connectivity index (χ1v) is 6.29. The van der Waals surface area contributed by atoms with Crippen molar-refractivity contribution in [1.82, 2.24) is 10.2 Å². The van der Waals surface area contributed by atoms with E-state index in [1.807, 2.05) is 7.11 Å². The van der Waals surface area contributed by atoms with Crippen LogP contribution in [0.15, 0.2) is 0 Å². The lowest BCUT2D eigenvalue weighted by molar-refractivity contribution is 0.0316. The Morgan fingerprint density at radius 3 is 3.00 bits per heavy atom. The molecule has 1 aliphatic heterocycles. The molecule has 88 valence electrons. The van der Waals surface area contributed by atoms with Crippen molar-refractivity contribution < 1.29 is 4.74 Å². The van der Waals surface area contributed by atoms with Crippen molar-refractivity contribution in [3.63, 3.8) is 0 Å². The van der Waals surface area contributed by atoms with E-state index in [2.05, 4.69) is 17.1 Å². The Hall–Kier alpha value is -0.120. The summed E-state index contributed by atoms with van der Waals surface area (Å²) in [5.74, 6) is 0.769. The number of nitrogens with zero attached hydrogens (tertiary/aromatic N) is 1. The predicted octanol–water partition coefficient (Wildman–Crippen LogP) is 1.10. The second-order valence-electron chi connectivity index (χ2n) is 5.08. The van der Waals surface area contributed by atoms with Gasteiger partial charge in [-0.2, -0.15) is 0 Å². The van der Waals surface area contributed by atoms with Crippen molar-refractivity contribution in [3.05, 3.63) is 0 Å². The van der Waals surface area contributed by atoms with Crippen LogP contribution < -0.4 is 5.32 Å². The van der Waals surface area contributed by atoms with Crippen molar-refractivity contribution in [1.29, 1.82) is 0 Å². The van der Waals surface area contributed by atoms with Gasteiger partial charge in [0.05, 0.1) is 6.10 Å². The summed E-state index contributed by atoms with van der Waals surface area (Å²) in [4.78, 5) is 2.64. The third-order valence-electron chi connectivity index (χ3n) is 3.80. The zero-order valence-electron chi connectivity index (χ0n) is 10.0. The molecule has 2 fully saturated rings. The fourth-order valence-electron chi connectivity index (χ4n) is 3.03. The minimum Gasteiger partial charge on any atom is -0.380 e. The van der Waals surface area contributed by atoms with Crippen molar-refractivity contribution in [2.45, 2.75) is 38.3 Å². The Bertz CT molecular complexity index is 198. The Kier molecular flexibility index (Phi) is 4.00. The Balaban J connectivity index is 1.95. The summed E-state index contributed by atoms with van der Waals surface area (Å²) in [5, 5.41) is 3.50. The minimum atomic E-state index is 0.482. The normalized spacial score (nSPS) is 39.2. The predicted molar refractivity (Wildman–Crippen MR) is 62.0 cm³/mol. The van der Waals surface area contributed by atoms with E-state index >= 15 is 0 Å². The number of hydrogen-bond acceptors (Lipinski definition) is 3. The van der Waals surface area contributed by atoms with Gasteiger partial charge in [0.1, 0.15) is 0 Å². The van der Waals surface area contributed by atoms with Gasteiger partial charge in [0.25, 0.3) is 0 Å². The summed E-state index contributed by atoms with van der Waals surface area (Å²) in [6, 6.07) is 0.678. The topological polar surface area (TPSA) is 24.5 Å². The van der Waals surface area contributed by atoms with Crippen LogP contribution in [0.3, 0.4) is 0 Å². The largest absolute Gasteiger partial charge is 0.380 e. The first-order valence-electron chi connectivity index (χ1n) is 6.29. The average molecular weight is 212 g/mol. The Labute approximate surface area is 93.2 Å². The highest BCUT2D eigenvalue weighted by Crippen LogP contribution is 2.27. The van der Waals surface area contributed by atoms with E-state index < -0.39 is 0 Å². The fourth-order valence-corrected chi connectivity index (χ4v) is 3.03. The maximum absolute atomic E-state index is 5.59. The Morgan fingerprint density at radius 2 is 2.20 bits per heavy atom. The minimum absolute atomic E-state index is 0.482. The van der Waals surface area contributed by atoms with Gasteiger partial charge in [0, 0.05) is 32.8 Å². The van der Waals surface area contributed by atoms with Crippen LogP contribution in [-0.4, -0.2) is 50.3 Å². The molecule has 3 unspecified atom stereocenters. The van der Waals surface area contributed by atoms with E-state index in [4.69, 9.17) is 4.74 Å². The molecule has 0 radical (unpaired) electrons. The second kappa shape index (κ2) is 5.28. The van der Waals surface area contributed by atoms with Gasteiger partial charge in [-0.3, -0.25) is 4.90 Å². The molecule has 1 heterocycles. The first-order chi connectivity index (χ1) is 7.31. The molecule has 0 aromatic rings. The van der Waals surface area contributed by atoms with Gasteiger partial charge >= 0.3 is 0 Å². The van der Waals surface area contributed by atoms with Crippen LogP contribution in [0.4, 0.5) is 0 Å². The van der Waals surface area contributed by atoms with Crippen molar-refractivity contribution in [2.24, 2.45) is 5.92 Å². The summed E-state index contributed by atoms with van der Waals surface area (Å²) in [6.07, 6.45) is 4.39. The third kappa shape index (κ3) is 2.71. The quantitative estimate of drug-likeness (QED) is 0.742. The summed E-state index contributed by atoms with van der Waals surface area (Å²) in [5.41, 5.74) is 0. The highest BCUT2D eigenvalue weighted by molar-refractivity contribution is 4.88. The molecule has 2 aliphatic rings. The molecule has 3 atom stereocenters. The molecule has 0 bridgehead atoms. The van der Waals surface area contributed by atoms with Crippen LogP contribution in [0.25, 0.3) is 0 Å².